The summed E-state index contributed by atoms with van der Waals surface area (Å²) in [6.07, 6.45) is 3.94. The highest BCUT2D eigenvalue weighted by Crippen LogP contribution is 2.07. The molecule has 0 bridgehead atoms. The lowest BCUT2D eigenvalue weighted by Gasteiger charge is -2.08. The Kier molecular flexibility index (Phi) is 8.95. The molecule has 0 saturated heterocycles. The van der Waals surface area contributed by atoms with Crippen molar-refractivity contribution >= 4 is 0 Å². The first-order valence-corrected chi connectivity index (χ1v) is 5.00. The van der Waals surface area contributed by atoms with E-state index < -0.39 is 0 Å². The highest BCUT2D eigenvalue weighted by atomic mass is 16.5. The van der Waals surface area contributed by atoms with Gasteiger partial charge in [-0.05, 0) is 25.3 Å². The molecule has 0 aliphatic carbocycles. The van der Waals surface area contributed by atoms with Crippen LogP contribution >= 0.6 is 0 Å². The summed E-state index contributed by atoms with van der Waals surface area (Å²) in [5, 5.41) is 3.34. The molecule has 12 heavy (non-hydrogen) atoms. The highest BCUT2D eigenvalue weighted by molar-refractivity contribution is 4.52. The van der Waals surface area contributed by atoms with Gasteiger partial charge in [-0.1, -0.05) is 20.3 Å². The second-order valence-electron chi connectivity index (χ2n) is 3.40. The fourth-order valence-electron chi connectivity index (χ4n) is 1.08. The Balaban J connectivity index is 2.90. The van der Waals surface area contributed by atoms with Crippen LogP contribution in [0.15, 0.2) is 0 Å². The lowest BCUT2D eigenvalue weighted by Crippen LogP contribution is -2.20. The van der Waals surface area contributed by atoms with E-state index in [0.29, 0.717) is 0 Å². The second-order valence-corrected chi connectivity index (χ2v) is 3.40. The monoisotopic (exact) mass is 173 g/mol. The zero-order valence-electron chi connectivity index (χ0n) is 8.73. The molecule has 0 heterocycles. The first kappa shape index (κ1) is 11.9. The summed E-state index contributed by atoms with van der Waals surface area (Å²) in [5.41, 5.74) is 0. The lowest BCUT2D eigenvalue weighted by atomic mass is 10.0. The number of nitrogens with one attached hydrogen (secondary N) is 1. The average molecular weight is 173 g/mol. The molecule has 0 radical (unpaired) electrons. The van der Waals surface area contributed by atoms with Gasteiger partial charge in [-0.3, -0.25) is 0 Å². The predicted molar refractivity (Wildman–Crippen MR) is 53.4 cm³/mol. The minimum Gasteiger partial charge on any atom is -0.383 e. The molecule has 0 saturated carbocycles. The van der Waals surface area contributed by atoms with Gasteiger partial charge in [-0.15, -0.1) is 0 Å². The summed E-state index contributed by atoms with van der Waals surface area (Å²) in [6.45, 7) is 7.51. The van der Waals surface area contributed by atoms with Crippen molar-refractivity contribution < 1.29 is 4.74 Å². The number of hydrogen-bond acceptors (Lipinski definition) is 2. The molecular formula is C10H23NO. The van der Waals surface area contributed by atoms with Crippen LogP contribution in [0, 0.1) is 5.92 Å². The molecule has 0 aromatic heterocycles. The van der Waals surface area contributed by atoms with Gasteiger partial charge in [0.15, 0.2) is 0 Å². The highest BCUT2D eigenvalue weighted by Gasteiger charge is 1.96. The molecule has 0 aliphatic rings. The van der Waals surface area contributed by atoms with Crippen LogP contribution < -0.4 is 5.32 Å². The molecule has 0 aromatic rings. The van der Waals surface area contributed by atoms with Crippen molar-refractivity contribution in [1.82, 2.24) is 5.32 Å². The molecule has 0 rings (SSSR count). The number of methoxy groups -OCH3 is 1. The first-order valence-electron chi connectivity index (χ1n) is 5.00. The van der Waals surface area contributed by atoms with Crippen molar-refractivity contribution in [1.29, 1.82) is 0 Å². The van der Waals surface area contributed by atoms with E-state index in [-0.39, 0.29) is 0 Å². The van der Waals surface area contributed by atoms with Crippen LogP contribution in [0.5, 0.6) is 0 Å². The minimum absolute atomic E-state index is 0.823. The quantitative estimate of drug-likeness (QED) is 0.567. The summed E-state index contributed by atoms with van der Waals surface area (Å²) in [6, 6.07) is 0. The minimum atomic E-state index is 0.823. The first-order chi connectivity index (χ1) is 5.81. The molecular weight excluding hydrogens is 150 g/mol. The van der Waals surface area contributed by atoms with Gasteiger partial charge < -0.3 is 10.1 Å². The third-order valence-corrected chi connectivity index (χ3v) is 2.23. The van der Waals surface area contributed by atoms with Gasteiger partial charge in [0, 0.05) is 13.7 Å². The number of rotatable bonds is 8. The molecule has 2 heteroatoms. The molecule has 0 amide bonds. The van der Waals surface area contributed by atoms with Crippen LogP contribution in [0.1, 0.15) is 33.1 Å². The van der Waals surface area contributed by atoms with Crippen molar-refractivity contribution in [3.63, 3.8) is 0 Å². The Morgan fingerprint density at radius 2 is 2.08 bits per heavy atom. The van der Waals surface area contributed by atoms with Crippen LogP contribution in [-0.4, -0.2) is 26.8 Å². The van der Waals surface area contributed by atoms with Gasteiger partial charge in [0.25, 0.3) is 0 Å². The summed E-state index contributed by atoms with van der Waals surface area (Å²) in [4.78, 5) is 0. The van der Waals surface area contributed by atoms with E-state index in [1.165, 1.54) is 19.3 Å². The lowest BCUT2D eigenvalue weighted by molar-refractivity contribution is 0.199. The van der Waals surface area contributed by atoms with Crippen LogP contribution in [0.25, 0.3) is 0 Å². The molecule has 74 valence electrons. The maximum Gasteiger partial charge on any atom is 0.0587 e. The van der Waals surface area contributed by atoms with Crippen LogP contribution in [0.4, 0.5) is 0 Å². The summed E-state index contributed by atoms with van der Waals surface area (Å²) in [5.74, 6) is 0.884. The molecule has 1 atom stereocenters. The summed E-state index contributed by atoms with van der Waals surface area (Å²) in [7, 11) is 1.74. The Hall–Kier alpha value is -0.0800. The fraction of sp³-hybridized carbons (Fsp3) is 1.00. The molecule has 1 unspecified atom stereocenters. The van der Waals surface area contributed by atoms with Crippen LogP contribution in [-0.2, 0) is 4.74 Å². The third kappa shape index (κ3) is 8.02. The maximum absolute atomic E-state index is 4.93. The summed E-state index contributed by atoms with van der Waals surface area (Å²) >= 11 is 0. The van der Waals surface area contributed by atoms with Gasteiger partial charge in [0.05, 0.1) is 6.61 Å². The predicted octanol–water partition coefficient (Wildman–Crippen LogP) is 2.05. The topological polar surface area (TPSA) is 21.3 Å². The SMILES string of the molecule is CCC(C)CCCNCCOC. The smallest absolute Gasteiger partial charge is 0.0587 e. The maximum atomic E-state index is 4.93. The van der Waals surface area contributed by atoms with E-state index in [0.717, 1.165) is 25.6 Å². The summed E-state index contributed by atoms with van der Waals surface area (Å²) < 4.78 is 4.93. The van der Waals surface area contributed by atoms with Crippen LogP contribution in [0.2, 0.25) is 0 Å². The van der Waals surface area contributed by atoms with E-state index in [9.17, 15) is 0 Å². The van der Waals surface area contributed by atoms with Crippen molar-refractivity contribution in [3.8, 4) is 0 Å². The van der Waals surface area contributed by atoms with E-state index >= 15 is 0 Å². The Morgan fingerprint density at radius 3 is 2.67 bits per heavy atom. The van der Waals surface area contributed by atoms with Crippen LogP contribution in [0.3, 0.4) is 0 Å². The zero-order chi connectivity index (χ0) is 9.23. The van der Waals surface area contributed by atoms with Gasteiger partial charge in [0.2, 0.25) is 0 Å². The Bertz CT molecular complexity index is 85.9. The second kappa shape index (κ2) is 9.01. The van der Waals surface area contributed by atoms with Crippen molar-refractivity contribution in [2.24, 2.45) is 5.92 Å². The van der Waals surface area contributed by atoms with Crippen molar-refractivity contribution in [2.75, 3.05) is 26.8 Å². The number of hydrogen-bond donors (Lipinski definition) is 1. The van der Waals surface area contributed by atoms with E-state index in [2.05, 4.69) is 19.2 Å². The standard InChI is InChI=1S/C10H23NO/c1-4-10(2)6-5-7-11-8-9-12-3/h10-11H,4-9H2,1-3H3. The Morgan fingerprint density at radius 1 is 1.33 bits per heavy atom. The van der Waals surface area contributed by atoms with Crippen molar-refractivity contribution in [2.45, 2.75) is 33.1 Å². The van der Waals surface area contributed by atoms with Gasteiger partial charge in [-0.2, -0.15) is 0 Å². The number of ether oxygens (including phenoxy) is 1. The fourth-order valence-corrected chi connectivity index (χ4v) is 1.08. The van der Waals surface area contributed by atoms with Gasteiger partial charge >= 0.3 is 0 Å². The van der Waals surface area contributed by atoms with E-state index in [1.807, 2.05) is 0 Å². The average Bonchev–Trinajstić information content (AvgIpc) is 2.10. The molecule has 0 spiro atoms. The van der Waals surface area contributed by atoms with E-state index in [4.69, 9.17) is 4.74 Å². The molecule has 2 nitrogen and oxygen atoms in total. The molecule has 0 aromatic carbocycles. The third-order valence-electron chi connectivity index (χ3n) is 2.23. The molecule has 0 fully saturated rings. The van der Waals surface area contributed by atoms with Crippen molar-refractivity contribution in [3.05, 3.63) is 0 Å². The largest absolute Gasteiger partial charge is 0.383 e. The molecule has 0 aliphatic heterocycles. The van der Waals surface area contributed by atoms with E-state index in [1.54, 1.807) is 7.11 Å². The Labute approximate surface area is 76.7 Å². The normalized spacial score (nSPS) is 13.2. The molecule has 1 N–H and O–H groups in total. The van der Waals surface area contributed by atoms with Gasteiger partial charge in [0.1, 0.15) is 0 Å². The van der Waals surface area contributed by atoms with Gasteiger partial charge in [-0.25, -0.2) is 0 Å². The zero-order valence-corrected chi connectivity index (χ0v) is 8.73.